The molecule has 2 aliphatic heterocycles. The molecule has 2 aliphatic rings. The highest BCUT2D eigenvalue weighted by Gasteiger charge is 2.41. The molecular weight excluding hydrogens is 394 g/mol. The Bertz CT molecular complexity index is 886. The number of anilines is 1. The number of nitrogens with two attached hydrogens (primary N) is 1. The Morgan fingerprint density at radius 1 is 0.933 bits per heavy atom. The Hall–Kier alpha value is -2.02. The summed E-state index contributed by atoms with van der Waals surface area (Å²) in [6.07, 6.45) is 1.40. The quantitative estimate of drug-likeness (QED) is 0.739. The van der Waals surface area contributed by atoms with Crippen molar-refractivity contribution in [1.82, 2.24) is 4.31 Å². The highest BCUT2D eigenvalue weighted by Crippen LogP contribution is 2.38. The van der Waals surface area contributed by atoms with Gasteiger partial charge in [-0.25, -0.2) is 4.31 Å². The first-order valence-electron chi connectivity index (χ1n) is 10.7. The summed E-state index contributed by atoms with van der Waals surface area (Å²) in [7, 11) is 0. The SMILES string of the molecule is Cc1ccc(-c2ccc(N3CCN(SC4(C(N)=O)CCOCC4)CC3)cc2)cc1C. The van der Waals surface area contributed by atoms with E-state index in [-0.39, 0.29) is 5.91 Å². The smallest absolute Gasteiger partial charge is 0.235 e. The second-order valence-electron chi connectivity index (χ2n) is 8.32. The molecule has 0 bridgehead atoms. The van der Waals surface area contributed by atoms with Crippen LogP contribution in [0.4, 0.5) is 5.69 Å². The van der Waals surface area contributed by atoms with E-state index in [9.17, 15) is 4.79 Å². The van der Waals surface area contributed by atoms with Crippen LogP contribution in [0.25, 0.3) is 11.1 Å². The Morgan fingerprint density at radius 3 is 2.17 bits per heavy atom. The fourth-order valence-electron chi connectivity index (χ4n) is 4.15. The molecule has 0 aliphatic carbocycles. The van der Waals surface area contributed by atoms with Gasteiger partial charge in [-0.15, -0.1) is 0 Å². The van der Waals surface area contributed by atoms with Gasteiger partial charge in [0.2, 0.25) is 5.91 Å². The van der Waals surface area contributed by atoms with E-state index in [2.05, 4.69) is 65.5 Å². The van der Waals surface area contributed by atoms with Crippen molar-refractivity contribution in [2.75, 3.05) is 44.3 Å². The molecule has 2 aromatic rings. The standard InChI is InChI=1S/C24H31N3O2S/c1-18-3-4-21(17-19(18)2)20-5-7-22(8-6-20)26-11-13-27(14-12-26)30-24(23(25)28)9-15-29-16-10-24/h3-8,17H,9-16H2,1-2H3,(H2,25,28). The molecule has 2 N–H and O–H groups in total. The van der Waals surface area contributed by atoms with E-state index < -0.39 is 4.75 Å². The van der Waals surface area contributed by atoms with Gasteiger partial charge in [-0.05, 0) is 61.1 Å². The van der Waals surface area contributed by atoms with Gasteiger partial charge in [0.05, 0.1) is 0 Å². The van der Waals surface area contributed by atoms with Crippen LogP contribution in [-0.4, -0.2) is 54.4 Å². The van der Waals surface area contributed by atoms with Gasteiger partial charge in [0.25, 0.3) is 0 Å². The number of nitrogens with zero attached hydrogens (tertiary/aromatic N) is 2. The summed E-state index contributed by atoms with van der Waals surface area (Å²) in [6.45, 7) is 9.26. The van der Waals surface area contributed by atoms with Gasteiger partial charge in [-0.2, -0.15) is 0 Å². The van der Waals surface area contributed by atoms with E-state index in [0.717, 1.165) is 26.2 Å². The molecule has 0 atom stereocenters. The lowest BCUT2D eigenvalue weighted by Gasteiger charge is -2.41. The minimum Gasteiger partial charge on any atom is -0.381 e. The number of hydrogen-bond acceptors (Lipinski definition) is 5. The number of carbonyl (C=O) groups excluding carboxylic acids is 1. The minimum absolute atomic E-state index is 0.208. The largest absolute Gasteiger partial charge is 0.381 e. The summed E-state index contributed by atoms with van der Waals surface area (Å²) in [5, 5.41) is 0. The molecule has 30 heavy (non-hydrogen) atoms. The van der Waals surface area contributed by atoms with Crippen LogP contribution >= 0.6 is 11.9 Å². The second-order valence-corrected chi connectivity index (χ2v) is 9.80. The van der Waals surface area contributed by atoms with E-state index >= 15 is 0 Å². The van der Waals surface area contributed by atoms with Crippen LogP contribution < -0.4 is 10.6 Å². The maximum atomic E-state index is 12.1. The number of piperazine rings is 1. The average molecular weight is 426 g/mol. The Balaban J connectivity index is 1.37. The number of rotatable bonds is 5. The van der Waals surface area contributed by atoms with Crippen LogP contribution in [0, 0.1) is 13.8 Å². The van der Waals surface area contributed by atoms with Crippen molar-refractivity contribution in [3.8, 4) is 11.1 Å². The fourth-order valence-corrected chi connectivity index (χ4v) is 5.43. The van der Waals surface area contributed by atoms with Gasteiger partial charge in [0.15, 0.2) is 0 Å². The lowest BCUT2D eigenvalue weighted by Crippen LogP contribution is -2.51. The molecule has 2 fully saturated rings. The molecule has 5 nitrogen and oxygen atoms in total. The molecule has 0 unspecified atom stereocenters. The number of aryl methyl sites for hydroxylation is 2. The summed E-state index contributed by atoms with van der Waals surface area (Å²) in [5.74, 6) is -0.208. The Morgan fingerprint density at radius 2 is 1.57 bits per heavy atom. The van der Waals surface area contributed by atoms with Crippen molar-refractivity contribution >= 4 is 23.5 Å². The number of amides is 1. The predicted octanol–water partition coefficient (Wildman–Crippen LogP) is 3.78. The first kappa shape index (κ1) is 21.2. The topological polar surface area (TPSA) is 58.8 Å². The van der Waals surface area contributed by atoms with Crippen LogP contribution in [0.1, 0.15) is 24.0 Å². The molecule has 0 saturated carbocycles. The monoisotopic (exact) mass is 425 g/mol. The lowest BCUT2D eigenvalue weighted by molar-refractivity contribution is -0.122. The Kier molecular flexibility index (Phi) is 6.37. The summed E-state index contributed by atoms with van der Waals surface area (Å²) < 4.78 is 7.25. The van der Waals surface area contributed by atoms with Crippen molar-refractivity contribution in [2.24, 2.45) is 5.73 Å². The van der Waals surface area contributed by atoms with Crippen molar-refractivity contribution in [3.63, 3.8) is 0 Å². The molecule has 2 saturated heterocycles. The van der Waals surface area contributed by atoms with Gasteiger partial charge < -0.3 is 15.4 Å². The molecule has 0 spiro atoms. The molecule has 1 amide bonds. The number of benzene rings is 2. The molecule has 2 heterocycles. The van der Waals surface area contributed by atoms with Crippen molar-refractivity contribution in [2.45, 2.75) is 31.4 Å². The van der Waals surface area contributed by atoms with Crippen molar-refractivity contribution in [1.29, 1.82) is 0 Å². The van der Waals surface area contributed by atoms with Crippen LogP contribution in [-0.2, 0) is 9.53 Å². The Labute approximate surface area is 183 Å². The second kappa shape index (κ2) is 9.00. The third-order valence-electron chi connectivity index (χ3n) is 6.36. The van der Waals surface area contributed by atoms with Gasteiger partial charge in [0.1, 0.15) is 4.75 Å². The summed E-state index contributed by atoms with van der Waals surface area (Å²) in [6, 6.07) is 15.5. The summed E-state index contributed by atoms with van der Waals surface area (Å²) in [4.78, 5) is 14.6. The highest BCUT2D eigenvalue weighted by molar-refractivity contribution is 7.99. The lowest BCUT2D eigenvalue weighted by atomic mass is 9.98. The molecule has 6 heteroatoms. The zero-order chi connectivity index (χ0) is 21.1. The fraction of sp³-hybridized carbons (Fsp3) is 0.458. The van der Waals surface area contributed by atoms with E-state index in [1.807, 2.05) is 0 Å². The molecule has 160 valence electrons. The number of ether oxygens (including phenoxy) is 1. The van der Waals surface area contributed by atoms with Gasteiger partial charge in [-0.3, -0.25) is 4.79 Å². The van der Waals surface area contributed by atoms with E-state index in [1.54, 1.807) is 11.9 Å². The zero-order valence-corrected chi connectivity index (χ0v) is 18.7. The van der Waals surface area contributed by atoms with Crippen molar-refractivity contribution < 1.29 is 9.53 Å². The van der Waals surface area contributed by atoms with Crippen LogP contribution in [0.5, 0.6) is 0 Å². The first-order valence-corrected chi connectivity index (χ1v) is 11.5. The maximum Gasteiger partial charge on any atom is 0.235 e. The maximum absolute atomic E-state index is 12.1. The van der Waals surface area contributed by atoms with E-state index in [0.29, 0.717) is 26.1 Å². The van der Waals surface area contributed by atoms with E-state index in [4.69, 9.17) is 10.5 Å². The number of carbonyl (C=O) groups is 1. The molecule has 4 rings (SSSR count). The summed E-state index contributed by atoms with van der Waals surface area (Å²) in [5.41, 5.74) is 12.2. The normalized spacial score (nSPS) is 19.6. The van der Waals surface area contributed by atoms with Gasteiger partial charge in [-0.1, -0.05) is 42.3 Å². The molecular formula is C24H31N3O2S. The first-order chi connectivity index (χ1) is 14.5. The van der Waals surface area contributed by atoms with Crippen LogP contribution in [0.2, 0.25) is 0 Å². The molecule has 0 radical (unpaired) electrons. The third kappa shape index (κ3) is 4.51. The average Bonchev–Trinajstić information content (AvgIpc) is 2.77. The molecule has 2 aromatic carbocycles. The van der Waals surface area contributed by atoms with Crippen LogP contribution in [0.15, 0.2) is 42.5 Å². The van der Waals surface area contributed by atoms with Gasteiger partial charge in [0, 0.05) is 45.1 Å². The molecule has 0 aromatic heterocycles. The van der Waals surface area contributed by atoms with E-state index in [1.165, 1.54) is 27.9 Å². The zero-order valence-electron chi connectivity index (χ0n) is 17.9. The summed E-state index contributed by atoms with van der Waals surface area (Å²) >= 11 is 1.65. The third-order valence-corrected chi connectivity index (χ3v) is 7.95. The predicted molar refractivity (Wildman–Crippen MR) is 125 cm³/mol. The van der Waals surface area contributed by atoms with Gasteiger partial charge >= 0.3 is 0 Å². The van der Waals surface area contributed by atoms with Crippen molar-refractivity contribution in [3.05, 3.63) is 53.6 Å². The number of hydrogen-bond donors (Lipinski definition) is 1. The minimum atomic E-state index is -0.506. The highest BCUT2D eigenvalue weighted by atomic mass is 32.2. The van der Waals surface area contributed by atoms with Crippen LogP contribution in [0.3, 0.4) is 0 Å². The number of primary amides is 1.